The van der Waals surface area contributed by atoms with Crippen molar-refractivity contribution < 1.29 is 31.6 Å². The minimum atomic E-state index is -4.90. The van der Waals surface area contributed by atoms with Crippen molar-refractivity contribution in [3.63, 3.8) is 0 Å². The van der Waals surface area contributed by atoms with E-state index in [0.717, 1.165) is 12.3 Å². The maximum atomic E-state index is 13.3. The van der Waals surface area contributed by atoms with Crippen LogP contribution in [0.5, 0.6) is 0 Å². The Hall–Kier alpha value is -3.21. The molecular formula is C16H9F4N3O3S. The molecule has 0 saturated carbocycles. The summed E-state index contributed by atoms with van der Waals surface area (Å²) in [6, 6.07) is 5.02. The normalized spacial score (nSPS) is 11.3. The van der Waals surface area contributed by atoms with Crippen LogP contribution in [0.25, 0.3) is 0 Å². The number of oxazole rings is 1. The van der Waals surface area contributed by atoms with E-state index < -0.39 is 29.4 Å². The number of nitrogens with zero attached hydrogens (tertiary/aromatic N) is 1. The fourth-order valence-corrected chi connectivity index (χ4v) is 2.64. The highest BCUT2D eigenvalue weighted by atomic mass is 32.1. The predicted molar refractivity (Wildman–Crippen MR) is 88.1 cm³/mol. The van der Waals surface area contributed by atoms with Crippen LogP contribution in [-0.2, 0) is 6.18 Å². The Morgan fingerprint density at radius 1 is 1.11 bits per heavy atom. The molecule has 0 spiro atoms. The molecule has 0 bridgehead atoms. The van der Waals surface area contributed by atoms with Crippen LogP contribution >= 0.6 is 11.3 Å². The van der Waals surface area contributed by atoms with Crippen LogP contribution < -0.4 is 10.6 Å². The first-order chi connectivity index (χ1) is 12.7. The number of amides is 2. The van der Waals surface area contributed by atoms with Gasteiger partial charge in [0.05, 0.1) is 10.4 Å². The second-order valence-corrected chi connectivity index (χ2v) is 6.06. The molecule has 0 radical (unpaired) electrons. The summed E-state index contributed by atoms with van der Waals surface area (Å²) in [4.78, 5) is 28.1. The van der Waals surface area contributed by atoms with Gasteiger partial charge in [0, 0.05) is 5.69 Å². The lowest BCUT2D eigenvalue weighted by Gasteiger charge is -2.10. The van der Waals surface area contributed by atoms with Gasteiger partial charge in [0.1, 0.15) is 12.1 Å². The zero-order valence-corrected chi connectivity index (χ0v) is 14.0. The number of hydrogen-bond acceptors (Lipinski definition) is 5. The number of carbonyl (C=O) groups excluding carboxylic acids is 2. The molecule has 0 unspecified atom stereocenters. The summed E-state index contributed by atoms with van der Waals surface area (Å²) in [6.45, 7) is 0. The second kappa shape index (κ2) is 7.19. The van der Waals surface area contributed by atoms with E-state index in [4.69, 9.17) is 4.42 Å². The van der Waals surface area contributed by atoms with E-state index in [0.29, 0.717) is 17.0 Å². The van der Waals surface area contributed by atoms with Crippen LogP contribution in [0.3, 0.4) is 0 Å². The SMILES string of the molecule is O=C(Nc1ccc(F)c(C(F)(F)F)c1)c1coc(NC(=O)c2cccs2)n1. The van der Waals surface area contributed by atoms with Gasteiger partial charge in [-0.2, -0.15) is 18.2 Å². The summed E-state index contributed by atoms with van der Waals surface area (Å²) in [5, 5.41) is 6.18. The number of rotatable bonds is 4. The Bertz CT molecular complexity index is 983. The molecule has 2 heterocycles. The fourth-order valence-electron chi connectivity index (χ4n) is 2.02. The van der Waals surface area contributed by atoms with E-state index in [1.165, 1.54) is 11.3 Å². The number of alkyl halides is 3. The van der Waals surface area contributed by atoms with Crippen LogP contribution in [0.15, 0.2) is 46.4 Å². The monoisotopic (exact) mass is 399 g/mol. The molecule has 3 rings (SSSR count). The number of carbonyl (C=O) groups is 2. The van der Waals surface area contributed by atoms with E-state index in [1.807, 2.05) is 0 Å². The van der Waals surface area contributed by atoms with E-state index >= 15 is 0 Å². The molecule has 2 amide bonds. The highest BCUT2D eigenvalue weighted by Crippen LogP contribution is 2.33. The Labute approximate surface area is 152 Å². The number of aromatic nitrogens is 1. The summed E-state index contributed by atoms with van der Waals surface area (Å²) < 4.78 is 56.4. The number of benzene rings is 1. The molecule has 0 atom stereocenters. The Morgan fingerprint density at radius 2 is 1.89 bits per heavy atom. The van der Waals surface area contributed by atoms with Crippen LogP contribution in [-0.4, -0.2) is 16.8 Å². The van der Waals surface area contributed by atoms with Crippen molar-refractivity contribution in [2.75, 3.05) is 10.6 Å². The molecule has 11 heteroatoms. The highest BCUT2D eigenvalue weighted by molar-refractivity contribution is 7.12. The van der Waals surface area contributed by atoms with Gasteiger partial charge in [-0.3, -0.25) is 14.9 Å². The molecule has 6 nitrogen and oxygen atoms in total. The van der Waals surface area contributed by atoms with Crippen LogP contribution in [0, 0.1) is 5.82 Å². The average Bonchev–Trinajstić information content (AvgIpc) is 3.27. The number of halogens is 4. The molecule has 2 N–H and O–H groups in total. The zero-order chi connectivity index (χ0) is 19.6. The van der Waals surface area contributed by atoms with Crippen molar-refractivity contribution in [1.29, 1.82) is 0 Å². The zero-order valence-electron chi connectivity index (χ0n) is 13.1. The Kier molecular flexibility index (Phi) is 4.95. The molecule has 27 heavy (non-hydrogen) atoms. The second-order valence-electron chi connectivity index (χ2n) is 5.12. The van der Waals surface area contributed by atoms with Crippen LogP contribution in [0.1, 0.15) is 25.7 Å². The van der Waals surface area contributed by atoms with Gasteiger partial charge in [-0.15, -0.1) is 11.3 Å². The Balaban J connectivity index is 1.70. The maximum Gasteiger partial charge on any atom is 0.419 e. The quantitative estimate of drug-likeness (QED) is 0.637. The standard InChI is InChI=1S/C16H9F4N3O3S/c17-10-4-3-8(6-9(10)16(18,19)20)21-13(24)11-7-26-15(22-11)23-14(25)12-2-1-5-27-12/h1-7H,(H,21,24)(H,22,23,25). The average molecular weight is 399 g/mol. The van der Waals surface area contributed by atoms with Crippen molar-refractivity contribution in [1.82, 2.24) is 4.98 Å². The topological polar surface area (TPSA) is 84.2 Å². The minimum Gasteiger partial charge on any atom is -0.431 e. The van der Waals surface area contributed by atoms with Gasteiger partial charge in [-0.25, -0.2) is 4.39 Å². The van der Waals surface area contributed by atoms with Crippen LogP contribution in [0.4, 0.5) is 29.3 Å². The van der Waals surface area contributed by atoms with Gasteiger partial charge >= 0.3 is 12.2 Å². The van der Waals surface area contributed by atoms with Gasteiger partial charge in [0.25, 0.3) is 11.8 Å². The smallest absolute Gasteiger partial charge is 0.419 e. The lowest BCUT2D eigenvalue weighted by atomic mass is 10.2. The van der Waals surface area contributed by atoms with E-state index in [1.54, 1.807) is 17.5 Å². The first-order valence-electron chi connectivity index (χ1n) is 7.22. The molecule has 0 aliphatic rings. The van der Waals surface area contributed by atoms with Gasteiger partial charge in [0.15, 0.2) is 5.69 Å². The molecule has 0 aliphatic heterocycles. The molecule has 1 aromatic carbocycles. The third-order valence-corrected chi connectivity index (χ3v) is 4.10. The fraction of sp³-hybridized carbons (Fsp3) is 0.0625. The number of hydrogen-bond donors (Lipinski definition) is 2. The van der Waals surface area contributed by atoms with E-state index in [2.05, 4.69) is 15.6 Å². The summed E-state index contributed by atoms with van der Waals surface area (Å²) in [6.07, 6.45) is -3.98. The molecule has 0 aliphatic carbocycles. The molecule has 2 aromatic heterocycles. The Morgan fingerprint density at radius 3 is 2.56 bits per heavy atom. The third-order valence-electron chi connectivity index (χ3n) is 3.23. The number of thiophene rings is 1. The maximum absolute atomic E-state index is 13.3. The van der Waals surface area contributed by atoms with E-state index in [-0.39, 0.29) is 17.4 Å². The molecule has 0 fully saturated rings. The van der Waals surface area contributed by atoms with Crippen molar-refractivity contribution >= 4 is 34.9 Å². The van der Waals surface area contributed by atoms with Gasteiger partial charge in [-0.1, -0.05) is 6.07 Å². The lowest BCUT2D eigenvalue weighted by Crippen LogP contribution is -2.15. The van der Waals surface area contributed by atoms with Crippen molar-refractivity contribution in [3.8, 4) is 0 Å². The van der Waals surface area contributed by atoms with Gasteiger partial charge < -0.3 is 9.73 Å². The number of anilines is 2. The molecule has 3 aromatic rings. The van der Waals surface area contributed by atoms with Crippen molar-refractivity contribution in [2.24, 2.45) is 0 Å². The van der Waals surface area contributed by atoms with Crippen molar-refractivity contribution in [2.45, 2.75) is 6.18 Å². The molecular weight excluding hydrogens is 390 g/mol. The largest absolute Gasteiger partial charge is 0.431 e. The minimum absolute atomic E-state index is 0.256. The highest BCUT2D eigenvalue weighted by Gasteiger charge is 2.34. The first-order valence-corrected chi connectivity index (χ1v) is 8.10. The van der Waals surface area contributed by atoms with E-state index in [9.17, 15) is 27.2 Å². The van der Waals surface area contributed by atoms with Crippen LogP contribution in [0.2, 0.25) is 0 Å². The van der Waals surface area contributed by atoms with Gasteiger partial charge in [0.2, 0.25) is 0 Å². The summed E-state index contributed by atoms with van der Waals surface area (Å²) in [5.74, 6) is -2.84. The third kappa shape index (κ3) is 4.31. The molecule has 0 saturated heterocycles. The van der Waals surface area contributed by atoms with Crippen molar-refractivity contribution in [3.05, 3.63) is 63.9 Å². The summed E-state index contributed by atoms with van der Waals surface area (Å²) in [5.41, 5.74) is -2.07. The molecule has 140 valence electrons. The predicted octanol–water partition coefficient (Wildman–Crippen LogP) is 4.40. The first kappa shape index (κ1) is 18.6. The summed E-state index contributed by atoms with van der Waals surface area (Å²) in [7, 11) is 0. The van der Waals surface area contributed by atoms with Gasteiger partial charge in [-0.05, 0) is 29.6 Å². The summed E-state index contributed by atoms with van der Waals surface area (Å²) >= 11 is 1.19. The number of nitrogens with one attached hydrogen (secondary N) is 2. The lowest BCUT2D eigenvalue weighted by molar-refractivity contribution is -0.139.